The normalized spacial score (nSPS) is 11.8. The van der Waals surface area contributed by atoms with Crippen LogP contribution in [0, 0.1) is 6.92 Å². The molecular formula is C13H20N2O3. The lowest BCUT2D eigenvalue weighted by atomic mass is 10.2. The Morgan fingerprint density at radius 1 is 1.50 bits per heavy atom. The van der Waals surface area contributed by atoms with E-state index in [0.717, 1.165) is 17.0 Å². The number of amides is 2. The summed E-state index contributed by atoms with van der Waals surface area (Å²) >= 11 is 0. The van der Waals surface area contributed by atoms with Crippen LogP contribution < -0.4 is 15.4 Å². The zero-order valence-corrected chi connectivity index (χ0v) is 11.0. The van der Waals surface area contributed by atoms with Crippen molar-refractivity contribution in [2.24, 2.45) is 0 Å². The number of methoxy groups -OCH3 is 1. The van der Waals surface area contributed by atoms with Crippen molar-refractivity contribution in [1.82, 2.24) is 5.32 Å². The molecular weight excluding hydrogens is 232 g/mol. The Balaban J connectivity index is 2.64. The number of carbonyl (C=O) groups excluding carboxylic acids is 1. The molecule has 0 aromatic heterocycles. The SMILES string of the molecule is CCC(CO)NC(=O)Nc1ccc(OC)cc1C. The second-order valence-corrected chi connectivity index (χ2v) is 4.07. The van der Waals surface area contributed by atoms with Crippen molar-refractivity contribution in [1.29, 1.82) is 0 Å². The molecule has 3 N–H and O–H groups in total. The average Bonchev–Trinajstić information content (AvgIpc) is 2.38. The summed E-state index contributed by atoms with van der Waals surface area (Å²) in [5, 5.41) is 14.4. The third-order valence-electron chi connectivity index (χ3n) is 2.73. The molecule has 0 fully saturated rings. The molecule has 1 aromatic carbocycles. The molecule has 1 aromatic rings. The van der Waals surface area contributed by atoms with Crippen LogP contribution in [0.4, 0.5) is 10.5 Å². The summed E-state index contributed by atoms with van der Waals surface area (Å²) in [6.45, 7) is 3.73. The Morgan fingerprint density at radius 3 is 2.72 bits per heavy atom. The van der Waals surface area contributed by atoms with Gasteiger partial charge in [0.2, 0.25) is 0 Å². The van der Waals surface area contributed by atoms with Gasteiger partial charge in [0.05, 0.1) is 19.8 Å². The van der Waals surface area contributed by atoms with Crippen molar-refractivity contribution < 1.29 is 14.6 Å². The van der Waals surface area contributed by atoms with E-state index in [1.54, 1.807) is 19.2 Å². The van der Waals surface area contributed by atoms with E-state index in [2.05, 4.69) is 10.6 Å². The van der Waals surface area contributed by atoms with Gasteiger partial charge < -0.3 is 20.5 Å². The van der Waals surface area contributed by atoms with Crippen LogP contribution in [0.1, 0.15) is 18.9 Å². The number of aliphatic hydroxyl groups excluding tert-OH is 1. The van der Waals surface area contributed by atoms with E-state index >= 15 is 0 Å². The van der Waals surface area contributed by atoms with Gasteiger partial charge in [-0.15, -0.1) is 0 Å². The number of nitrogens with one attached hydrogen (secondary N) is 2. The number of benzene rings is 1. The lowest BCUT2D eigenvalue weighted by molar-refractivity contribution is 0.222. The van der Waals surface area contributed by atoms with E-state index in [0.29, 0.717) is 6.42 Å². The van der Waals surface area contributed by atoms with E-state index < -0.39 is 0 Å². The van der Waals surface area contributed by atoms with E-state index in [4.69, 9.17) is 9.84 Å². The number of aliphatic hydroxyl groups is 1. The van der Waals surface area contributed by atoms with Gasteiger partial charge in [0.15, 0.2) is 0 Å². The summed E-state index contributed by atoms with van der Waals surface area (Å²) < 4.78 is 5.09. The number of urea groups is 1. The Morgan fingerprint density at radius 2 is 2.22 bits per heavy atom. The van der Waals surface area contributed by atoms with Crippen molar-refractivity contribution in [3.05, 3.63) is 23.8 Å². The molecule has 18 heavy (non-hydrogen) atoms. The average molecular weight is 252 g/mol. The van der Waals surface area contributed by atoms with Crippen molar-refractivity contribution >= 4 is 11.7 Å². The quantitative estimate of drug-likeness (QED) is 0.749. The predicted octanol–water partition coefficient (Wildman–Crippen LogP) is 1.90. The number of aryl methyl sites for hydroxylation is 1. The van der Waals surface area contributed by atoms with Gasteiger partial charge >= 0.3 is 6.03 Å². The summed E-state index contributed by atoms with van der Waals surface area (Å²) in [4.78, 5) is 11.7. The Labute approximate surface area is 107 Å². The lowest BCUT2D eigenvalue weighted by Crippen LogP contribution is -2.39. The minimum absolute atomic E-state index is 0.0640. The first-order valence-electron chi connectivity index (χ1n) is 5.93. The van der Waals surface area contributed by atoms with Gasteiger partial charge in [0, 0.05) is 5.69 Å². The molecule has 0 aliphatic carbocycles. The fraction of sp³-hybridized carbons (Fsp3) is 0.462. The molecule has 0 spiro atoms. The first-order chi connectivity index (χ1) is 8.60. The molecule has 1 unspecified atom stereocenters. The van der Waals surface area contributed by atoms with Gasteiger partial charge in [-0.25, -0.2) is 4.79 Å². The summed E-state index contributed by atoms with van der Waals surface area (Å²) in [5.41, 5.74) is 1.64. The highest BCUT2D eigenvalue weighted by molar-refractivity contribution is 5.90. The summed E-state index contributed by atoms with van der Waals surface area (Å²) in [6, 6.07) is 4.88. The van der Waals surface area contributed by atoms with Crippen LogP contribution in [0.15, 0.2) is 18.2 Å². The molecule has 5 heteroatoms. The minimum atomic E-state index is -0.316. The van der Waals surface area contributed by atoms with Crippen LogP contribution in [-0.4, -0.2) is 30.9 Å². The molecule has 0 saturated carbocycles. The molecule has 2 amide bonds. The standard InChI is InChI=1S/C13H20N2O3/c1-4-10(8-16)14-13(17)15-12-6-5-11(18-3)7-9(12)2/h5-7,10,16H,4,8H2,1-3H3,(H2,14,15,17). The Hall–Kier alpha value is -1.75. The lowest BCUT2D eigenvalue weighted by Gasteiger charge is -2.16. The number of rotatable bonds is 5. The molecule has 0 aliphatic rings. The van der Waals surface area contributed by atoms with E-state index in [-0.39, 0.29) is 18.7 Å². The number of ether oxygens (including phenoxy) is 1. The zero-order chi connectivity index (χ0) is 13.5. The maximum Gasteiger partial charge on any atom is 0.319 e. The van der Waals surface area contributed by atoms with Crippen LogP contribution in [-0.2, 0) is 0 Å². The fourth-order valence-electron chi connectivity index (χ4n) is 1.52. The van der Waals surface area contributed by atoms with Crippen molar-refractivity contribution in [2.45, 2.75) is 26.3 Å². The van der Waals surface area contributed by atoms with Crippen LogP contribution in [0.25, 0.3) is 0 Å². The fourth-order valence-corrected chi connectivity index (χ4v) is 1.52. The van der Waals surface area contributed by atoms with Gasteiger partial charge in [0.1, 0.15) is 5.75 Å². The van der Waals surface area contributed by atoms with Gasteiger partial charge in [-0.05, 0) is 37.1 Å². The summed E-state index contributed by atoms with van der Waals surface area (Å²) in [6.07, 6.45) is 0.686. The second-order valence-electron chi connectivity index (χ2n) is 4.07. The molecule has 5 nitrogen and oxygen atoms in total. The number of anilines is 1. The van der Waals surface area contributed by atoms with Gasteiger partial charge in [-0.2, -0.15) is 0 Å². The van der Waals surface area contributed by atoms with Gasteiger partial charge in [-0.3, -0.25) is 0 Å². The third-order valence-corrected chi connectivity index (χ3v) is 2.73. The molecule has 0 saturated heterocycles. The number of hydrogen-bond donors (Lipinski definition) is 3. The highest BCUT2D eigenvalue weighted by atomic mass is 16.5. The molecule has 100 valence electrons. The first kappa shape index (κ1) is 14.3. The van der Waals surface area contributed by atoms with E-state index in [1.165, 1.54) is 0 Å². The largest absolute Gasteiger partial charge is 0.497 e. The number of carbonyl (C=O) groups is 1. The topological polar surface area (TPSA) is 70.6 Å². The highest BCUT2D eigenvalue weighted by Crippen LogP contribution is 2.20. The molecule has 0 heterocycles. The van der Waals surface area contributed by atoms with Gasteiger partial charge in [0.25, 0.3) is 0 Å². The van der Waals surface area contributed by atoms with Crippen molar-refractivity contribution in [2.75, 3.05) is 19.0 Å². The molecule has 1 rings (SSSR count). The van der Waals surface area contributed by atoms with Crippen LogP contribution in [0.5, 0.6) is 5.75 Å². The van der Waals surface area contributed by atoms with E-state index in [9.17, 15) is 4.79 Å². The maximum absolute atomic E-state index is 11.7. The smallest absolute Gasteiger partial charge is 0.319 e. The van der Waals surface area contributed by atoms with Crippen molar-refractivity contribution in [3.63, 3.8) is 0 Å². The molecule has 1 atom stereocenters. The zero-order valence-electron chi connectivity index (χ0n) is 11.0. The number of hydrogen-bond acceptors (Lipinski definition) is 3. The molecule has 0 bridgehead atoms. The Bertz CT molecular complexity index is 403. The second kappa shape index (κ2) is 6.86. The van der Waals surface area contributed by atoms with E-state index in [1.807, 2.05) is 19.9 Å². The molecule has 0 aliphatic heterocycles. The third kappa shape index (κ3) is 3.92. The monoisotopic (exact) mass is 252 g/mol. The highest BCUT2D eigenvalue weighted by Gasteiger charge is 2.10. The van der Waals surface area contributed by atoms with Crippen LogP contribution in [0.2, 0.25) is 0 Å². The predicted molar refractivity (Wildman–Crippen MR) is 71.1 cm³/mol. The molecule has 0 radical (unpaired) electrons. The first-order valence-corrected chi connectivity index (χ1v) is 5.93. The summed E-state index contributed by atoms with van der Waals surface area (Å²) in [7, 11) is 1.60. The Kier molecular flexibility index (Phi) is 5.45. The summed E-state index contributed by atoms with van der Waals surface area (Å²) in [5.74, 6) is 0.750. The minimum Gasteiger partial charge on any atom is -0.497 e. The van der Waals surface area contributed by atoms with Crippen LogP contribution >= 0.6 is 0 Å². The van der Waals surface area contributed by atoms with Gasteiger partial charge in [-0.1, -0.05) is 6.92 Å². The van der Waals surface area contributed by atoms with Crippen molar-refractivity contribution in [3.8, 4) is 5.75 Å². The maximum atomic E-state index is 11.7. The van der Waals surface area contributed by atoms with Crippen LogP contribution in [0.3, 0.4) is 0 Å².